The lowest BCUT2D eigenvalue weighted by Crippen LogP contribution is -2.28. The molecule has 0 spiro atoms. The molecule has 0 saturated carbocycles. The van der Waals surface area contributed by atoms with Crippen LogP contribution < -0.4 is 5.73 Å². The maximum Gasteiger partial charge on any atom is 0.0620 e. The summed E-state index contributed by atoms with van der Waals surface area (Å²) in [5, 5.41) is 0. The smallest absolute Gasteiger partial charge is 0.0620 e. The van der Waals surface area contributed by atoms with Crippen molar-refractivity contribution in [3.63, 3.8) is 0 Å². The highest BCUT2D eigenvalue weighted by atomic mass is 16.5. The SMILES string of the molecule is COC(C)CCC(N)COC(C)C. The fourth-order valence-electron chi connectivity index (χ4n) is 0.966. The lowest BCUT2D eigenvalue weighted by Gasteiger charge is -2.16. The Balaban J connectivity index is 3.34. The first-order valence-electron chi connectivity index (χ1n) is 4.96. The fraction of sp³-hybridized carbons (Fsp3) is 1.00. The summed E-state index contributed by atoms with van der Waals surface area (Å²) in [5.74, 6) is 0. The van der Waals surface area contributed by atoms with Crippen LogP contribution in [0.15, 0.2) is 0 Å². The van der Waals surface area contributed by atoms with Crippen molar-refractivity contribution in [1.82, 2.24) is 0 Å². The van der Waals surface area contributed by atoms with E-state index in [-0.39, 0.29) is 12.1 Å². The van der Waals surface area contributed by atoms with E-state index in [1.807, 2.05) is 13.8 Å². The zero-order chi connectivity index (χ0) is 10.3. The molecule has 0 saturated heterocycles. The highest BCUT2D eigenvalue weighted by Crippen LogP contribution is 2.03. The van der Waals surface area contributed by atoms with E-state index in [1.165, 1.54) is 0 Å². The molecule has 0 aromatic carbocycles. The van der Waals surface area contributed by atoms with Gasteiger partial charge in [-0.2, -0.15) is 0 Å². The third-order valence-corrected chi connectivity index (χ3v) is 1.99. The number of rotatable bonds is 7. The van der Waals surface area contributed by atoms with E-state index in [0.717, 1.165) is 12.8 Å². The van der Waals surface area contributed by atoms with Crippen LogP contribution in [-0.4, -0.2) is 32.0 Å². The summed E-state index contributed by atoms with van der Waals surface area (Å²) in [7, 11) is 1.72. The van der Waals surface area contributed by atoms with Crippen LogP contribution in [-0.2, 0) is 9.47 Å². The molecule has 2 N–H and O–H groups in total. The minimum atomic E-state index is 0.139. The molecule has 0 fully saturated rings. The molecule has 0 aromatic rings. The predicted molar refractivity (Wildman–Crippen MR) is 54.8 cm³/mol. The van der Waals surface area contributed by atoms with Crippen LogP contribution in [0.4, 0.5) is 0 Å². The van der Waals surface area contributed by atoms with Crippen molar-refractivity contribution >= 4 is 0 Å². The number of ether oxygens (including phenoxy) is 2. The molecule has 0 aliphatic carbocycles. The van der Waals surface area contributed by atoms with Crippen LogP contribution >= 0.6 is 0 Å². The van der Waals surface area contributed by atoms with E-state index < -0.39 is 0 Å². The van der Waals surface area contributed by atoms with Gasteiger partial charge in [-0.25, -0.2) is 0 Å². The monoisotopic (exact) mass is 189 g/mol. The van der Waals surface area contributed by atoms with Gasteiger partial charge in [-0.05, 0) is 33.6 Å². The number of hydrogen-bond donors (Lipinski definition) is 1. The van der Waals surface area contributed by atoms with E-state index in [4.69, 9.17) is 15.2 Å². The van der Waals surface area contributed by atoms with Gasteiger partial charge in [0, 0.05) is 13.2 Å². The van der Waals surface area contributed by atoms with Gasteiger partial charge in [-0.3, -0.25) is 0 Å². The summed E-state index contributed by atoms with van der Waals surface area (Å²) >= 11 is 0. The maximum absolute atomic E-state index is 5.84. The van der Waals surface area contributed by atoms with Gasteiger partial charge in [0.05, 0.1) is 18.8 Å². The number of nitrogens with two attached hydrogens (primary N) is 1. The lowest BCUT2D eigenvalue weighted by molar-refractivity contribution is 0.0597. The molecular weight excluding hydrogens is 166 g/mol. The summed E-state index contributed by atoms with van der Waals surface area (Å²) in [5.41, 5.74) is 5.84. The summed E-state index contributed by atoms with van der Waals surface area (Å²) in [6.45, 7) is 6.74. The first kappa shape index (κ1) is 12.9. The van der Waals surface area contributed by atoms with Crippen LogP contribution in [0.2, 0.25) is 0 Å². The standard InChI is InChI=1S/C10H23NO2/c1-8(2)13-7-10(11)6-5-9(3)12-4/h8-10H,5-7,11H2,1-4H3. The number of hydrogen-bond acceptors (Lipinski definition) is 3. The Hall–Kier alpha value is -0.120. The third kappa shape index (κ3) is 8.22. The van der Waals surface area contributed by atoms with Crippen molar-refractivity contribution in [3.05, 3.63) is 0 Å². The molecule has 0 radical (unpaired) electrons. The van der Waals surface area contributed by atoms with E-state index in [2.05, 4.69) is 6.92 Å². The molecule has 0 aliphatic heterocycles. The second kappa shape index (κ2) is 7.30. The summed E-state index contributed by atoms with van der Waals surface area (Å²) < 4.78 is 10.5. The zero-order valence-electron chi connectivity index (χ0n) is 9.25. The molecule has 3 nitrogen and oxygen atoms in total. The van der Waals surface area contributed by atoms with Crippen LogP contribution in [0.5, 0.6) is 0 Å². The third-order valence-electron chi connectivity index (χ3n) is 1.99. The van der Waals surface area contributed by atoms with Crippen LogP contribution in [0.25, 0.3) is 0 Å². The van der Waals surface area contributed by atoms with Crippen molar-refractivity contribution in [3.8, 4) is 0 Å². The number of methoxy groups -OCH3 is 1. The Morgan fingerprint density at radius 1 is 1.15 bits per heavy atom. The molecule has 0 rings (SSSR count). The van der Waals surface area contributed by atoms with Gasteiger partial charge in [0.1, 0.15) is 0 Å². The van der Waals surface area contributed by atoms with E-state index in [9.17, 15) is 0 Å². The van der Waals surface area contributed by atoms with Gasteiger partial charge in [0.2, 0.25) is 0 Å². The Kier molecular flexibility index (Phi) is 7.23. The topological polar surface area (TPSA) is 44.5 Å². The van der Waals surface area contributed by atoms with Crippen molar-refractivity contribution in [2.45, 2.75) is 51.9 Å². The average Bonchev–Trinajstić information content (AvgIpc) is 2.10. The second-order valence-electron chi connectivity index (χ2n) is 3.77. The molecule has 2 unspecified atom stereocenters. The van der Waals surface area contributed by atoms with Crippen LogP contribution in [0.1, 0.15) is 33.6 Å². The minimum absolute atomic E-state index is 0.139. The summed E-state index contributed by atoms with van der Waals surface area (Å²) in [6, 6.07) is 0.139. The molecule has 80 valence electrons. The Bertz CT molecular complexity index is 117. The minimum Gasteiger partial charge on any atom is -0.382 e. The van der Waals surface area contributed by atoms with Gasteiger partial charge in [-0.15, -0.1) is 0 Å². The Morgan fingerprint density at radius 3 is 2.23 bits per heavy atom. The molecule has 3 heteroatoms. The van der Waals surface area contributed by atoms with E-state index in [0.29, 0.717) is 12.7 Å². The van der Waals surface area contributed by atoms with Crippen molar-refractivity contribution in [2.24, 2.45) is 5.73 Å². The molecule has 0 heterocycles. The first-order chi connectivity index (χ1) is 6.06. The van der Waals surface area contributed by atoms with Crippen molar-refractivity contribution in [1.29, 1.82) is 0 Å². The van der Waals surface area contributed by atoms with Crippen molar-refractivity contribution < 1.29 is 9.47 Å². The molecule has 0 amide bonds. The molecular formula is C10H23NO2. The van der Waals surface area contributed by atoms with Gasteiger partial charge in [0.25, 0.3) is 0 Å². The summed E-state index contributed by atoms with van der Waals surface area (Å²) in [6.07, 6.45) is 2.52. The highest BCUT2D eigenvalue weighted by molar-refractivity contribution is 4.63. The van der Waals surface area contributed by atoms with Gasteiger partial charge >= 0.3 is 0 Å². The maximum atomic E-state index is 5.84. The summed E-state index contributed by atoms with van der Waals surface area (Å²) in [4.78, 5) is 0. The van der Waals surface area contributed by atoms with E-state index >= 15 is 0 Å². The predicted octanol–water partition coefficient (Wildman–Crippen LogP) is 1.55. The van der Waals surface area contributed by atoms with Gasteiger partial charge < -0.3 is 15.2 Å². The van der Waals surface area contributed by atoms with E-state index in [1.54, 1.807) is 7.11 Å². The zero-order valence-corrected chi connectivity index (χ0v) is 9.25. The van der Waals surface area contributed by atoms with Gasteiger partial charge in [0.15, 0.2) is 0 Å². The quantitative estimate of drug-likeness (QED) is 0.661. The van der Waals surface area contributed by atoms with Crippen LogP contribution in [0, 0.1) is 0 Å². The molecule has 0 bridgehead atoms. The second-order valence-corrected chi connectivity index (χ2v) is 3.77. The molecule has 0 aromatic heterocycles. The van der Waals surface area contributed by atoms with Crippen LogP contribution in [0.3, 0.4) is 0 Å². The Morgan fingerprint density at radius 2 is 1.77 bits per heavy atom. The van der Waals surface area contributed by atoms with Gasteiger partial charge in [-0.1, -0.05) is 0 Å². The highest BCUT2D eigenvalue weighted by Gasteiger charge is 2.06. The Labute approximate surface area is 81.6 Å². The largest absolute Gasteiger partial charge is 0.382 e. The average molecular weight is 189 g/mol. The normalized spacial score (nSPS) is 16.2. The molecule has 0 aliphatic rings. The lowest BCUT2D eigenvalue weighted by atomic mass is 10.1. The molecule has 2 atom stereocenters. The molecule has 13 heavy (non-hydrogen) atoms. The fourth-order valence-corrected chi connectivity index (χ4v) is 0.966. The van der Waals surface area contributed by atoms with Crippen molar-refractivity contribution in [2.75, 3.05) is 13.7 Å². The first-order valence-corrected chi connectivity index (χ1v) is 4.96.